The van der Waals surface area contributed by atoms with Gasteiger partial charge >= 0.3 is 0 Å². The average Bonchev–Trinajstić information content (AvgIpc) is 2.92. The van der Waals surface area contributed by atoms with Crippen LogP contribution in [0.3, 0.4) is 0 Å². The molecule has 1 N–H and O–H groups in total. The summed E-state index contributed by atoms with van der Waals surface area (Å²) in [5, 5.41) is 10.5. The van der Waals surface area contributed by atoms with Crippen LogP contribution in [0.2, 0.25) is 0 Å². The standard InChI is InChI=1S/C12H16N2O5S/c15-14(16)10-3-5-12(6-4-10)20(17,18)13-8-7-11-2-1-9-19-11/h3-6,11,13H,1-2,7-9H2. The molecule has 1 unspecified atom stereocenters. The molecule has 0 aliphatic carbocycles. The summed E-state index contributed by atoms with van der Waals surface area (Å²) in [6.45, 7) is 1.03. The molecule has 0 spiro atoms. The smallest absolute Gasteiger partial charge is 0.269 e. The summed E-state index contributed by atoms with van der Waals surface area (Å²) in [4.78, 5) is 9.96. The molecule has 2 rings (SSSR count). The van der Waals surface area contributed by atoms with Crippen molar-refractivity contribution >= 4 is 15.7 Å². The lowest BCUT2D eigenvalue weighted by Gasteiger charge is -2.10. The minimum Gasteiger partial charge on any atom is -0.378 e. The van der Waals surface area contributed by atoms with Crippen LogP contribution in [0, 0.1) is 10.1 Å². The van der Waals surface area contributed by atoms with Crippen molar-refractivity contribution in [2.24, 2.45) is 0 Å². The van der Waals surface area contributed by atoms with E-state index in [2.05, 4.69) is 4.72 Å². The molecule has 1 aliphatic heterocycles. The largest absolute Gasteiger partial charge is 0.378 e. The van der Waals surface area contributed by atoms with Crippen LogP contribution in [0.1, 0.15) is 19.3 Å². The lowest BCUT2D eigenvalue weighted by atomic mass is 10.2. The minimum absolute atomic E-state index is 0.0236. The molecule has 1 aromatic rings. The van der Waals surface area contributed by atoms with E-state index in [0.29, 0.717) is 13.0 Å². The van der Waals surface area contributed by atoms with Crippen molar-refractivity contribution < 1.29 is 18.1 Å². The van der Waals surface area contributed by atoms with Gasteiger partial charge in [-0.3, -0.25) is 10.1 Å². The van der Waals surface area contributed by atoms with Gasteiger partial charge in [0.1, 0.15) is 0 Å². The van der Waals surface area contributed by atoms with Crippen LogP contribution in [0.25, 0.3) is 0 Å². The van der Waals surface area contributed by atoms with Gasteiger partial charge in [-0.1, -0.05) is 0 Å². The topological polar surface area (TPSA) is 98.5 Å². The van der Waals surface area contributed by atoms with Crippen molar-refractivity contribution in [2.45, 2.75) is 30.3 Å². The van der Waals surface area contributed by atoms with Crippen LogP contribution in [0.4, 0.5) is 5.69 Å². The summed E-state index contributed by atoms with van der Waals surface area (Å²) in [7, 11) is -3.62. The summed E-state index contributed by atoms with van der Waals surface area (Å²) < 4.78 is 31.8. The molecule has 0 aromatic heterocycles. The summed E-state index contributed by atoms with van der Waals surface area (Å²) in [6.07, 6.45) is 2.72. The van der Waals surface area contributed by atoms with Gasteiger partial charge in [0.25, 0.3) is 5.69 Å². The van der Waals surface area contributed by atoms with Crippen LogP contribution < -0.4 is 4.72 Å². The Labute approximate surface area is 117 Å². The van der Waals surface area contributed by atoms with E-state index in [1.165, 1.54) is 24.3 Å². The number of benzene rings is 1. The first-order valence-corrected chi connectivity index (χ1v) is 7.83. The molecule has 7 nitrogen and oxygen atoms in total. The number of sulfonamides is 1. The first-order valence-electron chi connectivity index (χ1n) is 6.35. The van der Waals surface area contributed by atoms with Crippen LogP contribution in [-0.2, 0) is 14.8 Å². The van der Waals surface area contributed by atoms with E-state index in [4.69, 9.17) is 4.74 Å². The van der Waals surface area contributed by atoms with E-state index in [9.17, 15) is 18.5 Å². The molecule has 0 amide bonds. The number of nitro groups is 1. The molecular formula is C12H16N2O5S. The monoisotopic (exact) mass is 300 g/mol. The van der Waals surface area contributed by atoms with Gasteiger partial charge < -0.3 is 4.74 Å². The fourth-order valence-electron chi connectivity index (χ4n) is 2.06. The van der Waals surface area contributed by atoms with Crippen molar-refractivity contribution in [1.82, 2.24) is 4.72 Å². The Kier molecular flexibility index (Phi) is 4.69. The van der Waals surface area contributed by atoms with Crippen LogP contribution in [-0.4, -0.2) is 32.6 Å². The predicted molar refractivity (Wildman–Crippen MR) is 71.9 cm³/mol. The van der Waals surface area contributed by atoms with E-state index < -0.39 is 14.9 Å². The zero-order valence-corrected chi connectivity index (χ0v) is 11.6. The lowest BCUT2D eigenvalue weighted by Crippen LogP contribution is -2.27. The van der Waals surface area contributed by atoms with Crippen LogP contribution in [0.15, 0.2) is 29.2 Å². The highest BCUT2D eigenvalue weighted by Gasteiger charge is 2.18. The van der Waals surface area contributed by atoms with E-state index in [-0.39, 0.29) is 16.7 Å². The molecule has 1 aromatic carbocycles. The van der Waals surface area contributed by atoms with Gasteiger partial charge in [0.2, 0.25) is 10.0 Å². The number of nitrogens with zero attached hydrogens (tertiary/aromatic N) is 1. The molecular weight excluding hydrogens is 284 g/mol. The maximum Gasteiger partial charge on any atom is 0.269 e. The molecule has 8 heteroatoms. The average molecular weight is 300 g/mol. The minimum atomic E-state index is -3.62. The Balaban J connectivity index is 1.93. The van der Waals surface area contributed by atoms with Crippen molar-refractivity contribution in [2.75, 3.05) is 13.2 Å². The quantitative estimate of drug-likeness (QED) is 0.633. The Morgan fingerprint density at radius 3 is 2.60 bits per heavy atom. The number of hydrogen-bond donors (Lipinski definition) is 1. The Hall–Kier alpha value is -1.51. The van der Waals surface area contributed by atoms with Gasteiger partial charge in [-0.2, -0.15) is 0 Å². The molecule has 0 bridgehead atoms. The van der Waals surface area contributed by atoms with Gasteiger partial charge in [0.05, 0.1) is 15.9 Å². The maximum absolute atomic E-state index is 12.0. The first kappa shape index (κ1) is 14.9. The van der Waals surface area contributed by atoms with Crippen molar-refractivity contribution in [3.05, 3.63) is 34.4 Å². The molecule has 110 valence electrons. The van der Waals surface area contributed by atoms with Crippen molar-refractivity contribution in [1.29, 1.82) is 0 Å². The van der Waals surface area contributed by atoms with Crippen LogP contribution in [0.5, 0.6) is 0 Å². The second-order valence-electron chi connectivity index (χ2n) is 4.57. The Morgan fingerprint density at radius 1 is 1.35 bits per heavy atom. The molecule has 1 aliphatic rings. The molecule has 20 heavy (non-hydrogen) atoms. The van der Waals surface area contributed by atoms with Crippen molar-refractivity contribution in [3.63, 3.8) is 0 Å². The SMILES string of the molecule is O=[N+]([O-])c1ccc(S(=O)(=O)NCCC2CCCO2)cc1. The number of nitro benzene ring substituents is 1. The number of rotatable bonds is 6. The van der Waals surface area contributed by atoms with Gasteiger partial charge in [-0.05, 0) is 31.4 Å². The zero-order valence-electron chi connectivity index (χ0n) is 10.8. The van der Waals surface area contributed by atoms with Gasteiger partial charge in [0.15, 0.2) is 0 Å². The molecule has 1 heterocycles. The molecule has 1 saturated heterocycles. The highest BCUT2D eigenvalue weighted by molar-refractivity contribution is 7.89. The predicted octanol–water partition coefficient (Wildman–Crippen LogP) is 1.44. The normalized spacial score (nSPS) is 19.1. The highest BCUT2D eigenvalue weighted by Crippen LogP contribution is 2.17. The maximum atomic E-state index is 12.0. The fourth-order valence-corrected chi connectivity index (χ4v) is 3.10. The molecule has 0 radical (unpaired) electrons. The first-order chi connectivity index (χ1) is 9.49. The van der Waals surface area contributed by atoms with Crippen molar-refractivity contribution in [3.8, 4) is 0 Å². The second kappa shape index (κ2) is 6.29. The number of hydrogen-bond acceptors (Lipinski definition) is 5. The zero-order chi connectivity index (χ0) is 14.6. The molecule has 1 fully saturated rings. The Bertz CT molecular complexity index is 564. The fraction of sp³-hybridized carbons (Fsp3) is 0.500. The summed E-state index contributed by atoms with van der Waals surface area (Å²) in [6, 6.07) is 4.81. The van der Waals surface area contributed by atoms with Crippen LogP contribution >= 0.6 is 0 Å². The highest BCUT2D eigenvalue weighted by atomic mass is 32.2. The van der Waals surface area contributed by atoms with E-state index >= 15 is 0 Å². The lowest BCUT2D eigenvalue weighted by molar-refractivity contribution is -0.384. The van der Waals surface area contributed by atoms with Gasteiger partial charge in [-0.15, -0.1) is 0 Å². The molecule has 1 atom stereocenters. The third-order valence-corrected chi connectivity index (χ3v) is 4.62. The van der Waals surface area contributed by atoms with E-state index in [1.807, 2.05) is 0 Å². The Morgan fingerprint density at radius 2 is 2.05 bits per heavy atom. The number of nitrogens with one attached hydrogen (secondary N) is 1. The van der Waals surface area contributed by atoms with E-state index in [1.54, 1.807) is 0 Å². The summed E-state index contributed by atoms with van der Waals surface area (Å²) in [5.74, 6) is 0. The number of ether oxygens (including phenoxy) is 1. The second-order valence-corrected chi connectivity index (χ2v) is 6.34. The van der Waals surface area contributed by atoms with Gasteiger partial charge in [-0.25, -0.2) is 13.1 Å². The third kappa shape index (κ3) is 3.75. The third-order valence-electron chi connectivity index (χ3n) is 3.14. The van der Waals surface area contributed by atoms with Gasteiger partial charge in [0, 0.05) is 25.3 Å². The van der Waals surface area contributed by atoms with E-state index in [0.717, 1.165) is 19.4 Å². The molecule has 0 saturated carbocycles. The summed E-state index contributed by atoms with van der Waals surface area (Å²) >= 11 is 0. The number of non-ortho nitro benzene ring substituents is 1. The summed E-state index contributed by atoms with van der Waals surface area (Å²) in [5.41, 5.74) is -0.136.